The third-order valence-corrected chi connectivity index (χ3v) is 4.59. The van der Waals surface area contributed by atoms with Crippen LogP contribution in [-0.2, 0) is 0 Å². The molecule has 106 valence electrons. The van der Waals surface area contributed by atoms with Gasteiger partial charge in [0.15, 0.2) is 0 Å². The molecule has 1 aliphatic rings. The van der Waals surface area contributed by atoms with E-state index in [4.69, 9.17) is 0 Å². The van der Waals surface area contributed by atoms with Gasteiger partial charge in [0.2, 0.25) is 0 Å². The minimum absolute atomic E-state index is 0.215. The minimum atomic E-state index is -0.485. The van der Waals surface area contributed by atoms with Crippen LogP contribution in [0.4, 0.5) is 4.39 Å². The molecule has 1 atom stereocenters. The van der Waals surface area contributed by atoms with Crippen LogP contribution in [0.25, 0.3) is 10.8 Å². The fourth-order valence-corrected chi connectivity index (χ4v) is 3.42. The van der Waals surface area contributed by atoms with Crippen LogP contribution in [-0.4, -0.2) is 5.11 Å². The highest BCUT2D eigenvalue weighted by molar-refractivity contribution is 5.86. The van der Waals surface area contributed by atoms with Crippen molar-refractivity contribution in [3.63, 3.8) is 0 Å². The molecule has 2 heteroatoms. The highest BCUT2D eigenvalue weighted by Crippen LogP contribution is 2.33. The monoisotopic (exact) mass is 272 g/mol. The van der Waals surface area contributed by atoms with E-state index < -0.39 is 6.10 Å². The van der Waals surface area contributed by atoms with E-state index in [1.807, 2.05) is 18.2 Å². The SMILES string of the molecule is OC(CCC1CCCC1)c1ccc(F)c2ccccc12. The Labute approximate surface area is 119 Å². The van der Waals surface area contributed by atoms with E-state index in [1.165, 1.54) is 31.7 Å². The van der Waals surface area contributed by atoms with E-state index in [2.05, 4.69) is 0 Å². The zero-order valence-electron chi connectivity index (χ0n) is 11.7. The molecule has 2 aromatic carbocycles. The molecule has 0 radical (unpaired) electrons. The predicted octanol–water partition coefficient (Wildman–Crippen LogP) is 4.98. The van der Waals surface area contributed by atoms with Crippen LogP contribution in [0.2, 0.25) is 0 Å². The molecule has 0 aromatic heterocycles. The van der Waals surface area contributed by atoms with Gasteiger partial charge in [-0.15, -0.1) is 0 Å². The number of rotatable bonds is 4. The molecular weight excluding hydrogens is 251 g/mol. The first-order chi connectivity index (χ1) is 9.75. The summed E-state index contributed by atoms with van der Waals surface area (Å²) in [5.74, 6) is 0.559. The standard InChI is InChI=1S/C18H21FO/c19-17-11-10-16(14-7-3-4-8-15(14)17)18(20)12-9-13-5-1-2-6-13/h3-4,7-8,10-11,13,18,20H,1-2,5-6,9,12H2. The summed E-state index contributed by atoms with van der Waals surface area (Å²) in [6.45, 7) is 0. The van der Waals surface area contributed by atoms with E-state index in [-0.39, 0.29) is 5.82 Å². The molecule has 20 heavy (non-hydrogen) atoms. The first-order valence-corrected chi connectivity index (χ1v) is 7.61. The molecule has 0 heterocycles. The summed E-state index contributed by atoms with van der Waals surface area (Å²) in [4.78, 5) is 0. The summed E-state index contributed by atoms with van der Waals surface area (Å²) in [6.07, 6.45) is 6.64. The lowest BCUT2D eigenvalue weighted by molar-refractivity contribution is 0.158. The van der Waals surface area contributed by atoms with Gasteiger partial charge in [0.25, 0.3) is 0 Å². The molecular formula is C18H21FO. The van der Waals surface area contributed by atoms with Crippen molar-refractivity contribution < 1.29 is 9.50 Å². The van der Waals surface area contributed by atoms with Gasteiger partial charge in [0.05, 0.1) is 6.10 Å². The maximum Gasteiger partial charge on any atom is 0.131 e. The van der Waals surface area contributed by atoms with Crippen molar-refractivity contribution in [2.24, 2.45) is 5.92 Å². The Morgan fingerprint density at radius 1 is 1.05 bits per heavy atom. The second kappa shape index (κ2) is 5.92. The Morgan fingerprint density at radius 3 is 2.50 bits per heavy atom. The highest BCUT2D eigenvalue weighted by atomic mass is 19.1. The number of hydrogen-bond acceptors (Lipinski definition) is 1. The molecule has 0 saturated heterocycles. The molecule has 1 N–H and O–H groups in total. The van der Waals surface area contributed by atoms with Gasteiger partial charge in [0, 0.05) is 5.39 Å². The van der Waals surface area contributed by atoms with Gasteiger partial charge in [-0.1, -0.05) is 56.0 Å². The molecule has 1 aliphatic carbocycles. The number of aliphatic hydroxyl groups is 1. The molecule has 2 aromatic rings. The zero-order valence-corrected chi connectivity index (χ0v) is 11.7. The predicted molar refractivity (Wildman–Crippen MR) is 80.1 cm³/mol. The van der Waals surface area contributed by atoms with Crippen LogP contribution < -0.4 is 0 Å². The van der Waals surface area contributed by atoms with E-state index in [0.29, 0.717) is 5.39 Å². The van der Waals surface area contributed by atoms with Gasteiger partial charge in [-0.05, 0) is 35.8 Å². The Bertz CT molecular complexity index is 587. The molecule has 0 aliphatic heterocycles. The van der Waals surface area contributed by atoms with Gasteiger partial charge in [-0.25, -0.2) is 4.39 Å². The van der Waals surface area contributed by atoms with Crippen molar-refractivity contribution in [2.75, 3.05) is 0 Å². The quantitative estimate of drug-likeness (QED) is 0.832. The number of halogens is 1. The highest BCUT2D eigenvalue weighted by Gasteiger charge is 2.18. The molecule has 1 fully saturated rings. The van der Waals surface area contributed by atoms with Gasteiger partial charge in [-0.3, -0.25) is 0 Å². The summed E-state index contributed by atoms with van der Waals surface area (Å²) in [7, 11) is 0. The Kier molecular flexibility index (Phi) is 4.02. The zero-order chi connectivity index (χ0) is 13.9. The Hall–Kier alpha value is -1.41. The van der Waals surface area contributed by atoms with Gasteiger partial charge < -0.3 is 5.11 Å². The maximum absolute atomic E-state index is 13.8. The molecule has 1 saturated carbocycles. The van der Waals surface area contributed by atoms with Crippen molar-refractivity contribution in [3.05, 3.63) is 47.8 Å². The molecule has 0 spiro atoms. The molecule has 1 nitrogen and oxygen atoms in total. The third kappa shape index (κ3) is 2.71. The van der Waals surface area contributed by atoms with Crippen LogP contribution in [0.5, 0.6) is 0 Å². The first kappa shape index (κ1) is 13.6. The van der Waals surface area contributed by atoms with Crippen LogP contribution in [0.15, 0.2) is 36.4 Å². The van der Waals surface area contributed by atoms with Gasteiger partial charge in [0.1, 0.15) is 5.82 Å². The lowest BCUT2D eigenvalue weighted by atomic mass is 9.93. The Morgan fingerprint density at radius 2 is 1.75 bits per heavy atom. The number of fused-ring (bicyclic) bond motifs is 1. The summed E-state index contributed by atoms with van der Waals surface area (Å²) < 4.78 is 13.8. The third-order valence-electron chi connectivity index (χ3n) is 4.59. The summed E-state index contributed by atoms with van der Waals surface area (Å²) in [5, 5.41) is 11.9. The van der Waals surface area contributed by atoms with Crippen LogP contribution in [0.3, 0.4) is 0 Å². The molecule has 0 bridgehead atoms. The number of hydrogen-bond donors (Lipinski definition) is 1. The topological polar surface area (TPSA) is 20.2 Å². The first-order valence-electron chi connectivity index (χ1n) is 7.61. The van der Waals surface area contributed by atoms with E-state index >= 15 is 0 Å². The van der Waals surface area contributed by atoms with Gasteiger partial charge in [-0.2, -0.15) is 0 Å². The van der Waals surface area contributed by atoms with Crippen molar-refractivity contribution >= 4 is 10.8 Å². The second-order valence-electron chi connectivity index (χ2n) is 5.93. The summed E-state index contributed by atoms with van der Waals surface area (Å²) >= 11 is 0. The smallest absolute Gasteiger partial charge is 0.131 e. The summed E-state index contributed by atoms with van der Waals surface area (Å²) in [6, 6.07) is 10.6. The van der Waals surface area contributed by atoms with E-state index in [0.717, 1.165) is 29.7 Å². The lowest BCUT2D eigenvalue weighted by Gasteiger charge is -2.16. The van der Waals surface area contributed by atoms with Crippen molar-refractivity contribution in [1.82, 2.24) is 0 Å². The van der Waals surface area contributed by atoms with E-state index in [1.54, 1.807) is 12.1 Å². The maximum atomic E-state index is 13.8. The fourth-order valence-electron chi connectivity index (χ4n) is 3.42. The Balaban J connectivity index is 1.80. The fraction of sp³-hybridized carbons (Fsp3) is 0.444. The average Bonchev–Trinajstić information content (AvgIpc) is 2.99. The number of benzene rings is 2. The van der Waals surface area contributed by atoms with Crippen LogP contribution in [0.1, 0.15) is 50.2 Å². The number of aliphatic hydroxyl groups excluding tert-OH is 1. The van der Waals surface area contributed by atoms with E-state index in [9.17, 15) is 9.50 Å². The van der Waals surface area contributed by atoms with Crippen LogP contribution in [0, 0.1) is 11.7 Å². The van der Waals surface area contributed by atoms with Gasteiger partial charge >= 0.3 is 0 Å². The molecule has 1 unspecified atom stereocenters. The molecule has 3 rings (SSSR count). The average molecular weight is 272 g/mol. The normalized spacial score (nSPS) is 17.7. The minimum Gasteiger partial charge on any atom is -0.388 e. The van der Waals surface area contributed by atoms with Crippen LogP contribution >= 0.6 is 0 Å². The second-order valence-corrected chi connectivity index (χ2v) is 5.93. The van der Waals surface area contributed by atoms with Crippen molar-refractivity contribution in [3.8, 4) is 0 Å². The molecule has 0 amide bonds. The van der Waals surface area contributed by atoms with Crippen molar-refractivity contribution in [2.45, 2.75) is 44.6 Å². The van der Waals surface area contributed by atoms with Crippen molar-refractivity contribution in [1.29, 1.82) is 0 Å². The largest absolute Gasteiger partial charge is 0.388 e. The lowest BCUT2D eigenvalue weighted by Crippen LogP contribution is -2.03. The summed E-state index contributed by atoms with van der Waals surface area (Å²) in [5.41, 5.74) is 0.861.